The molecule has 2 aromatic carbocycles. The Morgan fingerprint density at radius 2 is 1.32 bits per heavy atom. The van der Waals surface area contributed by atoms with Gasteiger partial charge >= 0.3 is 0 Å². The summed E-state index contributed by atoms with van der Waals surface area (Å²) in [5, 5.41) is 0. The van der Waals surface area contributed by atoms with E-state index >= 15 is 0 Å². The lowest BCUT2D eigenvalue weighted by atomic mass is 10.2. The van der Waals surface area contributed by atoms with Gasteiger partial charge in [0.2, 0.25) is 0 Å². The van der Waals surface area contributed by atoms with Gasteiger partial charge in [0.25, 0.3) is 0 Å². The first-order valence-electron chi connectivity index (χ1n) is 5.98. The number of rotatable bonds is 4. The van der Waals surface area contributed by atoms with Gasteiger partial charge in [0, 0.05) is 13.1 Å². The average Bonchev–Trinajstić information content (AvgIpc) is 2.48. The Bertz CT molecular complexity index is 472. The molecular weight excluding hydrogens is 290 g/mol. The van der Waals surface area contributed by atoms with Gasteiger partial charge in [-0.2, -0.15) is 0 Å². The van der Waals surface area contributed by atoms with Crippen molar-refractivity contribution in [3.8, 4) is 0 Å². The van der Waals surface area contributed by atoms with Gasteiger partial charge in [0.15, 0.2) is 0 Å². The van der Waals surface area contributed by atoms with Crippen molar-refractivity contribution in [1.82, 2.24) is 4.90 Å². The fraction of sp³-hybridized carbons (Fsp3) is 0.133. The molecule has 0 aliphatic rings. The Hall–Kier alpha value is -0.970. The molecule has 0 aliphatic heterocycles. The monoisotopic (exact) mass is 305 g/mol. The van der Waals surface area contributed by atoms with Gasteiger partial charge in [-0.05, 0) is 21.9 Å². The molecule has 19 heavy (non-hydrogen) atoms. The maximum Gasteiger partial charge on any atom is 0.147 e. The number of hydrogen-bond acceptors (Lipinski definition) is 3. The molecule has 2 rings (SSSR count). The van der Waals surface area contributed by atoms with Crippen LogP contribution in [0.2, 0.25) is 0 Å². The van der Waals surface area contributed by atoms with Crippen molar-refractivity contribution in [3.63, 3.8) is 0 Å². The highest BCUT2D eigenvalue weighted by Crippen LogP contribution is 2.18. The number of hydrogen-bond donors (Lipinski definition) is 1. The predicted octanol–water partition coefficient (Wildman–Crippen LogP) is 4.55. The van der Waals surface area contributed by atoms with E-state index < -0.39 is 0 Å². The smallest absolute Gasteiger partial charge is 0.147 e. The summed E-state index contributed by atoms with van der Waals surface area (Å²) in [6.45, 7) is 1.62. The molecule has 0 fully saturated rings. The van der Waals surface area contributed by atoms with Crippen LogP contribution in [0.3, 0.4) is 0 Å². The van der Waals surface area contributed by atoms with Gasteiger partial charge in [-0.3, -0.25) is 0 Å². The number of benzene rings is 2. The first-order valence-corrected chi connectivity index (χ1v) is 8.25. The van der Waals surface area contributed by atoms with Crippen LogP contribution in [0.4, 0.5) is 0 Å². The molecule has 0 amide bonds. The van der Waals surface area contributed by atoms with Crippen molar-refractivity contribution in [2.45, 2.75) is 13.1 Å². The van der Waals surface area contributed by atoms with E-state index in [1.165, 1.54) is 21.9 Å². The second-order valence-corrected chi connectivity index (χ2v) is 5.95. The van der Waals surface area contributed by atoms with Gasteiger partial charge in [-0.15, -0.1) is 11.7 Å². The van der Waals surface area contributed by atoms with E-state index in [1.807, 2.05) is 36.4 Å². The van der Waals surface area contributed by atoms with Crippen LogP contribution in [0.5, 0.6) is 0 Å². The zero-order valence-corrected chi connectivity index (χ0v) is 12.9. The molecular formula is C15H15NS3. The average molecular weight is 305 g/mol. The van der Waals surface area contributed by atoms with Crippen LogP contribution in [0, 0.1) is 0 Å². The SMILES string of the molecule is S=C(SS)N(Cc1ccccc1)Cc1ccccc1. The molecule has 0 saturated heterocycles. The third-order valence-electron chi connectivity index (χ3n) is 2.77. The standard InChI is InChI=1S/C15H15NS3/c17-15(19-18)16(11-13-7-3-1-4-8-13)12-14-9-5-2-6-10-14/h1-10,18H,11-12H2. The van der Waals surface area contributed by atoms with Crippen LogP contribution in [-0.4, -0.2) is 9.22 Å². The molecule has 0 heterocycles. The predicted molar refractivity (Wildman–Crippen MR) is 91.3 cm³/mol. The van der Waals surface area contributed by atoms with E-state index in [1.54, 1.807) is 0 Å². The molecule has 4 heteroatoms. The van der Waals surface area contributed by atoms with Gasteiger partial charge < -0.3 is 4.90 Å². The number of thiol groups is 1. The quantitative estimate of drug-likeness (QED) is 0.502. The first-order chi connectivity index (χ1) is 9.29. The Kier molecular flexibility index (Phi) is 5.76. The van der Waals surface area contributed by atoms with Crippen LogP contribution in [0.25, 0.3) is 0 Å². The van der Waals surface area contributed by atoms with Crippen LogP contribution >= 0.6 is 34.7 Å². The van der Waals surface area contributed by atoms with Gasteiger partial charge in [0.1, 0.15) is 4.32 Å². The van der Waals surface area contributed by atoms with Crippen molar-refractivity contribution in [3.05, 3.63) is 71.8 Å². The van der Waals surface area contributed by atoms with E-state index in [2.05, 4.69) is 40.8 Å². The summed E-state index contributed by atoms with van der Waals surface area (Å²) in [4.78, 5) is 2.16. The summed E-state index contributed by atoms with van der Waals surface area (Å²) < 4.78 is 0.802. The van der Waals surface area contributed by atoms with Crippen LogP contribution in [0.1, 0.15) is 11.1 Å². The first kappa shape index (κ1) is 14.4. The third kappa shape index (κ3) is 4.56. The molecule has 0 unspecified atom stereocenters. The van der Waals surface area contributed by atoms with E-state index in [-0.39, 0.29) is 0 Å². The van der Waals surface area contributed by atoms with Gasteiger partial charge in [-0.1, -0.05) is 72.9 Å². The maximum absolute atomic E-state index is 5.39. The van der Waals surface area contributed by atoms with E-state index in [0.29, 0.717) is 0 Å². The summed E-state index contributed by atoms with van der Waals surface area (Å²) >= 11 is 9.61. The van der Waals surface area contributed by atoms with Crippen LogP contribution in [0.15, 0.2) is 60.7 Å². The van der Waals surface area contributed by atoms with Crippen molar-refractivity contribution in [2.24, 2.45) is 0 Å². The van der Waals surface area contributed by atoms with E-state index in [0.717, 1.165) is 17.4 Å². The fourth-order valence-electron chi connectivity index (χ4n) is 1.85. The Labute approximate surface area is 128 Å². The lowest BCUT2D eigenvalue weighted by Gasteiger charge is -2.24. The van der Waals surface area contributed by atoms with Gasteiger partial charge in [0.05, 0.1) is 0 Å². The molecule has 0 bridgehead atoms. The van der Waals surface area contributed by atoms with Crippen molar-refractivity contribution < 1.29 is 0 Å². The molecule has 0 aliphatic carbocycles. The van der Waals surface area contributed by atoms with Crippen LogP contribution in [-0.2, 0) is 13.1 Å². The molecule has 0 N–H and O–H groups in total. The maximum atomic E-state index is 5.39. The van der Waals surface area contributed by atoms with Gasteiger partial charge in [-0.25, -0.2) is 0 Å². The minimum Gasteiger partial charge on any atom is -0.348 e. The summed E-state index contributed by atoms with van der Waals surface area (Å²) in [5.41, 5.74) is 2.51. The summed E-state index contributed by atoms with van der Waals surface area (Å²) in [6, 6.07) is 20.7. The molecule has 0 aromatic heterocycles. The Balaban J connectivity index is 2.10. The second-order valence-electron chi connectivity index (χ2n) is 4.18. The molecule has 0 spiro atoms. The zero-order valence-electron chi connectivity index (χ0n) is 10.4. The normalized spacial score (nSPS) is 10.2. The van der Waals surface area contributed by atoms with Crippen molar-refractivity contribution in [2.75, 3.05) is 0 Å². The summed E-state index contributed by atoms with van der Waals surface area (Å²) in [5.74, 6) is 0. The lowest BCUT2D eigenvalue weighted by molar-refractivity contribution is 0.421. The molecule has 1 nitrogen and oxygen atoms in total. The minimum atomic E-state index is 0.802. The van der Waals surface area contributed by atoms with Crippen molar-refractivity contribution in [1.29, 1.82) is 0 Å². The Morgan fingerprint density at radius 1 is 0.895 bits per heavy atom. The molecule has 0 radical (unpaired) electrons. The zero-order chi connectivity index (χ0) is 13.5. The topological polar surface area (TPSA) is 3.24 Å². The lowest BCUT2D eigenvalue weighted by Crippen LogP contribution is -2.25. The largest absolute Gasteiger partial charge is 0.348 e. The summed E-state index contributed by atoms with van der Waals surface area (Å²) in [6.07, 6.45) is 0. The highest BCUT2D eigenvalue weighted by Gasteiger charge is 2.10. The third-order valence-corrected chi connectivity index (χ3v) is 4.58. The molecule has 2 aromatic rings. The van der Waals surface area contributed by atoms with Crippen LogP contribution < -0.4 is 0 Å². The van der Waals surface area contributed by atoms with Crippen molar-refractivity contribution >= 4 is 39.0 Å². The fourth-order valence-corrected chi connectivity index (χ4v) is 2.57. The van der Waals surface area contributed by atoms with E-state index in [4.69, 9.17) is 12.2 Å². The Morgan fingerprint density at radius 3 is 1.68 bits per heavy atom. The summed E-state index contributed by atoms with van der Waals surface area (Å²) in [7, 11) is 1.32. The number of nitrogens with zero attached hydrogens (tertiary/aromatic N) is 1. The molecule has 98 valence electrons. The number of thiocarbonyl (C=S) groups is 1. The highest BCUT2D eigenvalue weighted by atomic mass is 33.1. The molecule has 0 atom stereocenters. The second kappa shape index (κ2) is 7.58. The molecule has 0 saturated carbocycles. The minimum absolute atomic E-state index is 0.802. The highest BCUT2D eigenvalue weighted by molar-refractivity contribution is 8.76. The van der Waals surface area contributed by atoms with E-state index in [9.17, 15) is 0 Å².